The molecule has 1 aliphatic heterocycles. The molecule has 2 aromatic rings. The van der Waals surface area contributed by atoms with Gasteiger partial charge in [-0.15, -0.1) is 0 Å². The Bertz CT molecular complexity index is 1050. The van der Waals surface area contributed by atoms with Crippen molar-refractivity contribution in [3.05, 3.63) is 77.0 Å². The summed E-state index contributed by atoms with van der Waals surface area (Å²) in [6, 6.07) is 16.6. The minimum Gasteiger partial charge on any atom is -0.462 e. The average Bonchev–Trinajstić information content (AvgIpc) is 2.73. The second kappa shape index (κ2) is 8.14. The summed E-state index contributed by atoms with van der Waals surface area (Å²) in [5.74, 6) is -0.540. The molecule has 1 heterocycles. The number of ether oxygens (including phenoxy) is 1. The van der Waals surface area contributed by atoms with Gasteiger partial charge in [0, 0.05) is 35.7 Å². The molecule has 0 radical (unpaired) electrons. The zero-order chi connectivity index (χ0) is 22.2. The first-order valence-electron chi connectivity index (χ1n) is 10.7. The van der Waals surface area contributed by atoms with Crippen LogP contribution in [-0.4, -0.2) is 24.3 Å². The van der Waals surface area contributed by atoms with Crippen LogP contribution in [0.1, 0.15) is 61.9 Å². The van der Waals surface area contributed by atoms with Gasteiger partial charge in [0.05, 0.1) is 12.2 Å². The quantitative estimate of drug-likeness (QED) is 0.655. The molecule has 0 aromatic heterocycles. The van der Waals surface area contributed by atoms with E-state index in [4.69, 9.17) is 4.74 Å². The number of Topliss-reactive ketones (excluding diaryl/α,β-unsaturated/α-hetero) is 1. The van der Waals surface area contributed by atoms with E-state index in [-0.39, 0.29) is 29.4 Å². The van der Waals surface area contributed by atoms with Crippen molar-refractivity contribution >= 4 is 23.3 Å². The highest BCUT2D eigenvalue weighted by Crippen LogP contribution is 2.48. The maximum Gasteiger partial charge on any atom is 0.338 e. The molecule has 0 unspecified atom stereocenters. The third-order valence-electron chi connectivity index (χ3n) is 5.98. The maximum atomic E-state index is 13.4. The average molecular weight is 418 g/mol. The molecule has 0 N–H and O–H groups in total. The predicted octanol–water partition coefficient (Wildman–Crippen LogP) is 5.03. The van der Waals surface area contributed by atoms with Crippen molar-refractivity contribution in [1.82, 2.24) is 0 Å². The number of hydrogen-bond donors (Lipinski definition) is 0. The van der Waals surface area contributed by atoms with Crippen molar-refractivity contribution in [1.29, 1.82) is 0 Å². The largest absolute Gasteiger partial charge is 0.462 e. The minimum absolute atomic E-state index is 0.0398. The van der Waals surface area contributed by atoms with Crippen molar-refractivity contribution in [2.45, 2.75) is 46.0 Å². The first-order chi connectivity index (χ1) is 14.8. The van der Waals surface area contributed by atoms with Crippen LogP contribution in [0.5, 0.6) is 0 Å². The monoisotopic (exact) mass is 417 g/mol. The number of esters is 1. The summed E-state index contributed by atoms with van der Waals surface area (Å²) in [4.78, 5) is 40.3. The predicted molar refractivity (Wildman–Crippen MR) is 119 cm³/mol. The third kappa shape index (κ3) is 4.05. The summed E-state index contributed by atoms with van der Waals surface area (Å²) in [6.07, 6.45) is 1.36. The molecule has 5 heteroatoms. The smallest absolute Gasteiger partial charge is 0.338 e. The summed E-state index contributed by atoms with van der Waals surface area (Å²) in [5.41, 5.74) is 3.41. The first kappa shape index (κ1) is 21.0. The van der Waals surface area contributed by atoms with E-state index in [0.29, 0.717) is 30.7 Å². The number of anilines is 1. The normalized spacial score (nSPS) is 20.5. The standard InChI is InChI=1S/C26H27NO4/c1-4-31-25(30)18-10-12-19(13-11-18)27-21-15-26(2,3)16-22(28)24(21)20(14-23(27)29)17-8-6-5-7-9-17/h5-13,20H,4,14-16H2,1-3H3/t20-/m0/s1. The molecule has 1 atom stereocenters. The van der Waals surface area contributed by atoms with Gasteiger partial charge in [0.25, 0.3) is 0 Å². The fourth-order valence-corrected chi connectivity index (χ4v) is 4.65. The lowest BCUT2D eigenvalue weighted by Gasteiger charge is -2.43. The van der Waals surface area contributed by atoms with Crippen molar-refractivity contribution in [3.63, 3.8) is 0 Å². The molecule has 2 aliphatic rings. The van der Waals surface area contributed by atoms with Crippen LogP contribution in [0.15, 0.2) is 65.9 Å². The van der Waals surface area contributed by atoms with E-state index in [1.807, 2.05) is 30.3 Å². The lowest BCUT2D eigenvalue weighted by atomic mass is 9.69. The van der Waals surface area contributed by atoms with Crippen molar-refractivity contribution in [2.75, 3.05) is 11.5 Å². The number of ketones is 1. The third-order valence-corrected chi connectivity index (χ3v) is 5.98. The summed E-state index contributed by atoms with van der Waals surface area (Å²) in [5, 5.41) is 0. The number of benzene rings is 2. The molecule has 1 aliphatic carbocycles. The molecule has 0 saturated carbocycles. The topological polar surface area (TPSA) is 63.7 Å². The minimum atomic E-state index is -0.392. The number of carbonyl (C=O) groups is 3. The molecule has 1 amide bonds. The highest BCUT2D eigenvalue weighted by atomic mass is 16.5. The number of amides is 1. The SMILES string of the molecule is CCOC(=O)c1ccc(N2C(=O)C[C@@H](c3ccccc3)C3=C2CC(C)(C)CC3=O)cc1. The molecule has 0 saturated heterocycles. The van der Waals surface area contributed by atoms with Gasteiger partial charge < -0.3 is 4.74 Å². The van der Waals surface area contributed by atoms with Crippen molar-refractivity contribution in [2.24, 2.45) is 5.41 Å². The van der Waals surface area contributed by atoms with Gasteiger partial charge in [-0.1, -0.05) is 44.2 Å². The number of allylic oxidation sites excluding steroid dienone is 2. The summed E-state index contributed by atoms with van der Waals surface area (Å²) < 4.78 is 5.05. The van der Waals surface area contributed by atoms with Gasteiger partial charge in [-0.3, -0.25) is 14.5 Å². The van der Waals surface area contributed by atoms with Gasteiger partial charge in [0.1, 0.15) is 0 Å². The van der Waals surface area contributed by atoms with E-state index in [1.165, 1.54) is 0 Å². The first-order valence-corrected chi connectivity index (χ1v) is 10.7. The highest BCUT2D eigenvalue weighted by Gasteiger charge is 2.44. The van der Waals surface area contributed by atoms with Gasteiger partial charge >= 0.3 is 5.97 Å². The molecule has 31 heavy (non-hydrogen) atoms. The molecule has 5 nitrogen and oxygen atoms in total. The Hall–Kier alpha value is -3.21. The Kier molecular flexibility index (Phi) is 5.52. The van der Waals surface area contributed by atoms with Crippen LogP contribution in [0, 0.1) is 5.41 Å². The Labute approximate surface area is 182 Å². The molecule has 160 valence electrons. The summed E-state index contributed by atoms with van der Waals surface area (Å²) >= 11 is 0. The Morgan fingerprint density at radius 3 is 2.35 bits per heavy atom. The van der Waals surface area contributed by atoms with Gasteiger partial charge in [-0.05, 0) is 48.6 Å². The van der Waals surface area contributed by atoms with Gasteiger partial charge in [-0.2, -0.15) is 0 Å². The van der Waals surface area contributed by atoms with Crippen LogP contribution in [0.2, 0.25) is 0 Å². The molecule has 0 bridgehead atoms. The van der Waals surface area contributed by atoms with E-state index >= 15 is 0 Å². The molecule has 4 rings (SSSR count). The van der Waals surface area contributed by atoms with Gasteiger partial charge in [-0.25, -0.2) is 4.79 Å². The summed E-state index contributed by atoms with van der Waals surface area (Å²) in [7, 11) is 0. The van der Waals surface area contributed by atoms with Crippen molar-refractivity contribution < 1.29 is 19.1 Å². The van der Waals surface area contributed by atoms with Gasteiger partial charge in [0.15, 0.2) is 5.78 Å². The second-order valence-corrected chi connectivity index (χ2v) is 8.97. The van der Waals surface area contributed by atoms with Crippen LogP contribution < -0.4 is 4.90 Å². The fourth-order valence-electron chi connectivity index (χ4n) is 4.65. The molecular weight excluding hydrogens is 390 g/mol. The van der Waals surface area contributed by atoms with E-state index in [2.05, 4.69) is 13.8 Å². The fraction of sp³-hybridized carbons (Fsp3) is 0.346. The lowest BCUT2D eigenvalue weighted by molar-refractivity contribution is -0.121. The number of nitrogens with zero attached hydrogens (tertiary/aromatic N) is 1. The maximum absolute atomic E-state index is 13.4. The van der Waals surface area contributed by atoms with Crippen LogP contribution in [0.25, 0.3) is 0 Å². The van der Waals surface area contributed by atoms with Crippen molar-refractivity contribution in [3.8, 4) is 0 Å². The molecule has 2 aromatic carbocycles. The van der Waals surface area contributed by atoms with Crippen LogP contribution in [-0.2, 0) is 14.3 Å². The van der Waals surface area contributed by atoms with Crippen LogP contribution >= 0.6 is 0 Å². The van der Waals surface area contributed by atoms with Gasteiger partial charge in [0.2, 0.25) is 5.91 Å². The Balaban J connectivity index is 1.79. The number of rotatable bonds is 4. The zero-order valence-corrected chi connectivity index (χ0v) is 18.2. The highest BCUT2D eigenvalue weighted by molar-refractivity contribution is 6.08. The number of carbonyl (C=O) groups excluding carboxylic acids is 3. The number of hydrogen-bond acceptors (Lipinski definition) is 4. The Morgan fingerprint density at radius 2 is 1.71 bits per heavy atom. The van der Waals surface area contributed by atoms with E-state index in [0.717, 1.165) is 16.8 Å². The lowest BCUT2D eigenvalue weighted by Crippen LogP contribution is -2.43. The molecular formula is C26H27NO4. The molecule has 0 spiro atoms. The van der Waals surface area contributed by atoms with E-state index in [1.54, 1.807) is 36.1 Å². The van der Waals surface area contributed by atoms with Crippen LogP contribution in [0.4, 0.5) is 5.69 Å². The van der Waals surface area contributed by atoms with E-state index in [9.17, 15) is 14.4 Å². The summed E-state index contributed by atoms with van der Waals surface area (Å²) in [6.45, 7) is 6.19. The molecule has 0 fully saturated rings. The Morgan fingerprint density at radius 1 is 1.03 bits per heavy atom. The van der Waals surface area contributed by atoms with Crippen LogP contribution in [0.3, 0.4) is 0 Å². The van der Waals surface area contributed by atoms with E-state index < -0.39 is 5.97 Å². The zero-order valence-electron chi connectivity index (χ0n) is 18.2. The second-order valence-electron chi connectivity index (χ2n) is 8.97.